The van der Waals surface area contributed by atoms with Gasteiger partial charge in [-0.05, 0) is 43.4 Å². The van der Waals surface area contributed by atoms with Crippen LogP contribution in [0.3, 0.4) is 0 Å². The minimum Gasteiger partial charge on any atom is -0.462 e. The molecule has 0 aromatic carbocycles. The summed E-state index contributed by atoms with van der Waals surface area (Å²) in [6.07, 6.45) is 41.7. The lowest BCUT2D eigenvalue weighted by molar-refractivity contribution is -0.161. The minimum absolute atomic E-state index is 0.105. The van der Waals surface area contributed by atoms with Crippen LogP contribution in [0.4, 0.5) is 0 Å². The Balaban J connectivity index is 5.26. The molecule has 0 aromatic rings. The van der Waals surface area contributed by atoms with Crippen LogP contribution < -0.4 is 0 Å². The number of rotatable bonds is 66. The monoisotopic (exact) mass is 1280 g/mol. The lowest BCUT2D eigenvalue weighted by Crippen LogP contribution is -2.30. The van der Waals surface area contributed by atoms with Crippen LogP contribution in [0.15, 0.2) is 0 Å². The SMILES string of the molecule is CCCCCCCCCCCCCCC(=O)O[C@H](COC(=O)CCCCCCCCCC(C)C)COP(=O)(O)OC[C@H](O)COP(=O)(O)OC[C@@H](COC(=O)CCCCCCCCCCCC(C)C)OC(=O)CCCCCCCCCCCCC(C)C. The Bertz CT molecular complexity index is 1720. The van der Waals surface area contributed by atoms with Gasteiger partial charge < -0.3 is 33.8 Å². The van der Waals surface area contributed by atoms with Crippen LogP contribution in [0.1, 0.15) is 337 Å². The first-order valence-corrected chi connectivity index (χ1v) is 38.3. The highest BCUT2D eigenvalue weighted by Gasteiger charge is 2.30. The van der Waals surface area contributed by atoms with Crippen LogP contribution in [0, 0.1) is 17.8 Å². The molecule has 516 valence electrons. The largest absolute Gasteiger partial charge is 0.472 e. The first kappa shape index (κ1) is 85.1. The van der Waals surface area contributed by atoms with Crippen molar-refractivity contribution in [2.75, 3.05) is 39.6 Å². The molecule has 17 nitrogen and oxygen atoms in total. The van der Waals surface area contributed by atoms with E-state index < -0.39 is 97.5 Å². The van der Waals surface area contributed by atoms with Gasteiger partial charge in [0, 0.05) is 25.7 Å². The Labute approximate surface area is 530 Å². The van der Waals surface area contributed by atoms with Crippen LogP contribution in [0.5, 0.6) is 0 Å². The minimum atomic E-state index is -4.95. The average Bonchev–Trinajstić information content (AvgIpc) is 3.68. The first-order chi connectivity index (χ1) is 41.7. The first-order valence-electron chi connectivity index (χ1n) is 35.3. The fourth-order valence-corrected chi connectivity index (χ4v) is 11.8. The molecular weight excluding hydrogens is 1150 g/mol. The number of phosphoric ester groups is 2. The number of hydrogen-bond donors (Lipinski definition) is 3. The maximum absolute atomic E-state index is 13.0. The molecule has 0 saturated carbocycles. The van der Waals surface area contributed by atoms with E-state index in [4.69, 9.17) is 37.0 Å². The summed E-state index contributed by atoms with van der Waals surface area (Å²) >= 11 is 0. The molecule has 2 unspecified atom stereocenters. The molecule has 0 aliphatic heterocycles. The molecule has 0 amide bonds. The number of hydrogen-bond acceptors (Lipinski definition) is 15. The quantitative estimate of drug-likeness (QED) is 0.0222. The number of ether oxygens (including phenoxy) is 4. The van der Waals surface area contributed by atoms with Gasteiger partial charge in [0.1, 0.15) is 19.3 Å². The summed E-state index contributed by atoms with van der Waals surface area (Å²) in [5, 5.41) is 10.6. The number of unbranched alkanes of at least 4 members (excludes halogenated alkanes) is 34. The second kappa shape index (κ2) is 59.1. The predicted octanol–water partition coefficient (Wildman–Crippen LogP) is 19.1. The smallest absolute Gasteiger partial charge is 0.462 e. The molecule has 0 fully saturated rings. The van der Waals surface area contributed by atoms with Crippen molar-refractivity contribution in [3.05, 3.63) is 0 Å². The van der Waals surface area contributed by atoms with Gasteiger partial charge in [-0.25, -0.2) is 9.13 Å². The third-order valence-electron chi connectivity index (χ3n) is 15.6. The summed E-state index contributed by atoms with van der Waals surface area (Å²) in [5.74, 6) is 0.0718. The Morgan fingerprint density at radius 3 is 0.782 bits per heavy atom. The Morgan fingerprint density at radius 2 is 0.529 bits per heavy atom. The average molecular weight is 1280 g/mol. The van der Waals surface area contributed by atoms with E-state index in [1.807, 2.05) is 0 Å². The van der Waals surface area contributed by atoms with E-state index in [9.17, 15) is 43.2 Å². The summed E-state index contributed by atoms with van der Waals surface area (Å²) in [5.41, 5.74) is 0. The molecule has 0 rings (SSSR count). The maximum Gasteiger partial charge on any atom is 0.472 e. The number of carbonyl (C=O) groups is 4. The molecule has 0 spiro atoms. The standard InChI is InChI=1S/C68H132O17P2/c1-8-9-10-11-12-13-14-15-21-29-37-44-51-67(72)85-64(56-79-66(71)50-43-36-31-24-27-34-41-48-61(6)7)58-83-87(76,77)81-54-62(69)53-80-86(74,75)82-57-63(55-78-65(70)49-42-35-28-23-18-20-26-33-40-47-60(4)5)84-68(73)52-45-38-30-22-17-16-19-25-32-39-46-59(2)3/h59-64,69H,8-58H2,1-7H3,(H,74,75)(H,76,77)/t62-,63-,64-/m1/s1. The lowest BCUT2D eigenvalue weighted by atomic mass is 10.0. The Morgan fingerprint density at radius 1 is 0.310 bits per heavy atom. The molecule has 87 heavy (non-hydrogen) atoms. The van der Waals surface area contributed by atoms with Gasteiger partial charge in [0.2, 0.25) is 0 Å². The molecule has 3 N–H and O–H groups in total. The van der Waals surface area contributed by atoms with Gasteiger partial charge in [-0.1, -0.05) is 286 Å². The highest BCUT2D eigenvalue weighted by atomic mass is 31.2. The van der Waals surface area contributed by atoms with Crippen LogP contribution in [-0.2, 0) is 65.4 Å². The van der Waals surface area contributed by atoms with E-state index in [-0.39, 0.29) is 25.7 Å². The highest BCUT2D eigenvalue weighted by Crippen LogP contribution is 2.45. The molecule has 0 saturated heterocycles. The second-order valence-corrected chi connectivity index (χ2v) is 28.9. The van der Waals surface area contributed by atoms with Gasteiger partial charge in [0.15, 0.2) is 12.2 Å². The van der Waals surface area contributed by atoms with Gasteiger partial charge in [0.05, 0.1) is 26.4 Å². The summed E-state index contributed by atoms with van der Waals surface area (Å²) in [4.78, 5) is 72.4. The van der Waals surface area contributed by atoms with Crippen LogP contribution in [0.2, 0.25) is 0 Å². The van der Waals surface area contributed by atoms with E-state index in [0.717, 1.165) is 108 Å². The van der Waals surface area contributed by atoms with Gasteiger partial charge in [0.25, 0.3) is 0 Å². The molecular formula is C68H132O17P2. The number of esters is 4. The van der Waals surface area contributed by atoms with Crippen LogP contribution in [0.25, 0.3) is 0 Å². The lowest BCUT2D eigenvalue weighted by Gasteiger charge is -2.21. The topological polar surface area (TPSA) is 237 Å². The molecule has 0 aliphatic rings. The normalized spacial score (nSPS) is 14.3. The Hall–Kier alpha value is -1.94. The van der Waals surface area contributed by atoms with Gasteiger partial charge in [-0.15, -0.1) is 0 Å². The fraction of sp³-hybridized carbons (Fsp3) is 0.941. The molecule has 0 bridgehead atoms. The van der Waals surface area contributed by atoms with Gasteiger partial charge in [-0.2, -0.15) is 0 Å². The fourth-order valence-electron chi connectivity index (χ4n) is 10.2. The van der Waals surface area contributed by atoms with Crippen molar-refractivity contribution in [1.29, 1.82) is 0 Å². The molecule has 0 radical (unpaired) electrons. The van der Waals surface area contributed by atoms with Gasteiger partial charge >= 0.3 is 39.5 Å². The highest BCUT2D eigenvalue weighted by molar-refractivity contribution is 7.47. The second-order valence-electron chi connectivity index (χ2n) is 26.0. The van der Waals surface area contributed by atoms with E-state index >= 15 is 0 Å². The van der Waals surface area contributed by atoms with Crippen molar-refractivity contribution in [2.45, 2.75) is 356 Å². The third-order valence-corrected chi connectivity index (χ3v) is 17.5. The number of phosphoric acid groups is 2. The van der Waals surface area contributed by atoms with Crippen molar-refractivity contribution in [3.63, 3.8) is 0 Å². The van der Waals surface area contributed by atoms with Gasteiger partial charge in [-0.3, -0.25) is 37.3 Å². The van der Waals surface area contributed by atoms with Crippen molar-refractivity contribution >= 4 is 39.5 Å². The van der Waals surface area contributed by atoms with E-state index in [1.165, 1.54) is 141 Å². The summed E-state index contributed by atoms with van der Waals surface area (Å²) in [6.45, 7) is 11.7. The van der Waals surface area contributed by atoms with Crippen LogP contribution >= 0.6 is 15.6 Å². The number of aliphatic hydroxyl groups is 1. The summed E-state index contributed by atoms with van der Waals surface area (Å²) in [6, 6.07) is 0. The maximum atomic E-state index is 13.0. The molecule has 0 aliphatic carbocycles. The molecule has 0 heterocycles. The summed E-state index contributed by atoms with van der Waals surface area (Å²) in [7, 11) is -9.90. The van der Waals surface area contributed by atoms with E-state index in [1.54, 1.807) is 0 Å². The van der Waals surface area contributed by atoms with Crippen LogP contribution in [-0.4, -0.2) is 96.7 Å². The van der Waals surface area contributed by atoms with Crippen molar-refractivity contribution < 1.29 is 80.2 Å². The predicted molar refractivity (Wildman–Crippen MR) is 349 cm³/mol. The zero-order valence-corrected chi connectivity index (χ0v) is 58.3. The number of aliphatic hydroxyl groups excluding tert-OH is 1. The van der Waals surface area contributed by atoms with E-state index in [0.29, 0.717) is 31.6 Å². The zero-order valence-electron chi connectivity index (χ0n) is 56.5. The third kappa shape index (κ3) is 62.6. The van der Waals surface area contributed by atoms with Crippen molar-refractivity contribution in [2.24, 2.45) is 17.8 Å². The molecule has 0 aromatic heterocycles. The molecule has 5 atom stereocenters. The zero-order chi connectivity index (χ0) is 64.5. The van der Waals surface area contributed by atoms with E-state index in [2.05, 4.69) is 48.5 Å². The van der Waals surface area contributed by atoms with Crippen molar-refractivity contribution in [3.8, 4) is 0 Å². The number of carbonyl (C=O) groups excluding carboxylic acids is 4. The summed E-state index contributed by atoms with van der Waals surface area (Å²) < 4.78 is 68.2. The van der Waals surface area contributed by atoms with Crippen molar-refractivity contribution in [1.82, 2.24) is 0 Å². The Kier molecular flexibility index (Phi) is 57.8. The molecule has 19 heteroatoms.